The summed E-state index contributed by atoms with van der Waals surface area (Å²) in [6, 6.07) is 16.4. The Labute approximate surface area is 174 Å². The molecule has 1 amide bonds. The van der Waals surface area contributed by atoms with E-state index < -0.39 is 0 Å². The molecular formula is C23H22ClN3O2. The number of amides is 1. The lowest BCUT2D eigenvalue weighted by Gasteiger charge is -2.46. The molecule has 3 aromatic rings. The zero-order valence-corrected chi connectivity index (χ0v) is 17.0. The minimum absolute atomic E-state index is 0.0349. The summed E-state index contributed by atoms with van der Waals surface area (Å²) < 4.78 is 5.36. The van der Waals surface area contributed by atoms with Gasteiger partial charge in [-0.05, 0) is 30.5 Å². The number of fused-ring (bicyclic) bond motifs is 1. The van der Waals surface area contributed by atoms with Crippen LogP contribution in [0.3, 0.4) is 0 Å². The van der Waals surface area contributed by atoms with Crippen LogP contribution in [0.5, 0.6) is 0 Å². The summed E-state index contributed by atoms with van der Waals surface area (Å²) in [5, 5.41) is 4.68. The summed E-state index contributed by atoms with van der Waals surface area (Å²) in [4.78, 5) is 17.6. The molecule has 0 saturated carbocycles. The molecule has 0 radical (unpaired) electrons. The number of carbonyl (C=O) groups is 1. The van der Waals surface area contributed by atoms with E-state index in [0.717, 1.165) is 38.2 Å². The van der Waals surface area contributed by atoms with Gasteiger partial charge in [0, 0.05) is 37.8 Å². The third-order valence-electron chi connectivity index (χ3n) is 6.03. The Balaban J connectivity index is 1.31. The van der Waals surface area contributed by atoms with Crippen LogP contribution in [0.4, 0.5) is 0 Å². The van der Waals surface area contributed by atoms with Crippen LogP contribution >= 0.6 is 11.6 Å². The summed E-state index contributed by atoms with van der Waals surface area (Å²) in [6.07, 6.45) is 1.07. The van der Waals surface area contributed by atoms with Gasteiger partial charge in [0.25, 0.3) is 5.91 Å². The molecule has 5 rings (SSSR count). The standard InChI is InChI=1S/C23H22ClN3O2/c1-15-21(22(25-29-15)19-8-4-5-9-20(19)24)23(28)27-13-18(14-27)26-11-10-16-6-2-3-7-17(16)12-26/h2-9,18H,10-14H2,1H3. The quantitative estimate of drug-likeness (QED) is 0.653. The van der Waals surface area contributed by atoms with Crippen LogP contribution in [0, 0.1) is 6.92 Å². The van der Waals surface area contributed by atoms with Crippen LogP contribution in [-0.2, 0) is 13.0 Å². The fraction of sp³-hybridized carbons (Fsp3) is 0.304. The number of carbonyl (C=O) groups excluding carboxylic acids is 1. The average Bonchev–Trinajstić information content (AvgIpc) is 3.08. The van der Waals surface area contributed by atoms with Crippen molar-refractivity contribution in [2.45, 2.75) is 25.9 Å². The van der Waals surface area contributed by atoms with Gasteiger partial charge in [0.15, 0.2) is 0 Å². The maximum atomic E-state index is 13.2. The topological polar surface area (TPSA) is 49.6 Å². The predicted molar refractivity (Wildman–Crippen MR) is 112 cm³/mol. The van der Waals surface area contributed by atoms with Crippen LogP contribution in [-0.4, -0.2) is 46.5 Å². The lowest BCUT2D eigenvalue weighted by molar-refractivity contribution is 0.0218. The van der Waals surface area contributed by atoms with E-state index in [1.54, 1.807) is 13.0 Å². The van der Waals surface area contributed by atoms with Crippen molar-refractivity contribution in [2.24, 2.45) is 0 Å². The van der Waals surface area contributed by atoms with Gasteiger partial charge in [-0.25, -0.2) is 0 Å². The van der Waals surface area contributed by atoms with Crippen molar-refractivity contribution in [3.05, 3.63) is 76.0 Å². The molecule has 1 aromatic heterocycles. The van der Waals surface area contributed by atoms with E-state index in [0.29, 0.717) is 28.1 Å². The van der Waals surface area contributed by atoms with E-state index in [4.69, 9.17) is 16.1 Å². The maximum Gasteiger partial charge on any atom is 0.259 e. The first-order valence-electron chi connectivity index (χ1n) is 9.93. The number of rotatable bonds is 3. The Hall–Kier alpha value is -2.63. The number of aryl methyl sites for hydroxylation is 1. The number of hydrogen-bond acceptors (Lipinski definition) is 4. The molecule has 0 bridgehead atoms. The lowest BCUT2D eigenvalue weighted by Crippen LogP contribution is -2.61. The van der Waals surface area contributed by atoms with Gasteiger partial charge in [0.2, 0.25) is 0 Å². The fourth-order valence-electron chi connectivity index (χ4n) is 4.30. The van der Waals surface area contributed by atoms with E-state index in [9.17, 15) is 4.79 Å². The van der Waals surface area contributed by atoms with Crippen molar-refractivity contribution >= 4 is 17.5 Å². The summed E-state index contributed by atoms with van der Waals surface area (Å²) in [5.41, 5.74) is 4.60. The number of hydrogen-bond donors (Lipinski definition) is 0. The van der Waals surface area contributed by atoms with E-state index in [-0.39, 0.29) is 5.91 Å². The molecule has 3 heterocycles. The molecule has 0 unspecified atom stereocenters. The molecule has 29 heavy (non-hydrogen) atoms. The maximum absolute atomic E-state index is 13.2. The van der Waals surface area contributed by atoms with Crippen molar-refractivity contribution in [1.29, 1.82) is 0 Å². The Morgan fingerprint density at radius 3 is 2.62 bits per heavy atom. The highest BCUT2D eigenvalue weighted by Crippen LogP contribution is 2.33. The largest absolute Gasteiger partial charge is 0.360 e. The highest BCUT2D eigenvalue weighted by molar-refractivity contribution is 6.33. The van der Waals surface area contributed by atoms with Gasteiger partial charge in [-0.2, -0.15) is 0 Å². The van der Waals surface area contributed by atoms with Gasteiger partial charge >= 0.3 is 0 Å². The smallest absolute Gasteiger partial charge is 0.259 e. The second-order valence-electron chi connectivity index (χ2n) is 7.80. The summed E-state index contributed by atoms with van der Waals surface area (Å²) >= 11 is 6.32. The Bertz CT molecular complexity index is 1070. The molecule has 0 spiro atoms. The molecule has 6 heteroatoms. The number of halogens is 1. The lowest BCUT2D eigenvalue weighted by atomic mass is 9.96. The zero-order valence-electron chi connectivity index (χ0n) is 16.3. The summed E-state index contributed by atoms with van der Waals surface area (Å²) in [5.74, 6) is 0.493. The Morgan fingerprint density at radius 2 is 1.83 bits per heavy atom. The number of aromatic nitrogens is 1. The van der Waals surface area contributed by atoms with Gasteiger partial charge in [0.1, 0.15) is 17.0 Å². The van der Waals surface area contributed by atoms with Gasteiger partial charge < -0.3 is 9.42 Å². The molecule has 1 saturated heterocycles. The highest BCUT2D eigenvalue weighted by Gasteiger charge is 2.38. The van der Waals surface area contributed by atoms with Crippen LogP contribution < -0.4 is 0 Å². The molecule has 0 aliphatic carbocycles. The molecule has 0 atom stereocenters. The zero-order chi connectivity index (χ0) is 20.0. The van der Waals surface area contributed by atoms with Crippen LogP contribution in [0.1, 0.15) is 27.2 Å². The molecule has 2 aliphatic heterocycles. The number of benzene rings is 2. The SMILES string of the molecule is Cc1onc(-c2ccccc2Cl)c1C(=O)N1CC(N2CCc3ccccc3C2)C1. The third-order valence-corrected chi connectivity index (χ3v) is 6.36. The molecule has 148 valence electrons. The van der Waals surface area contributed by atoms with Gasteiger partial charge in [-0.15, -0.1) is 0 Å². The van der Waals surface area contributed by atoms with Gasteiger partial charge in [-0.1, -0.05) is 59.2 Å². The number of likely N-dealkylation sites (tertiary alicyclic amines) is 1. The molecular weight excluding hydrogens is 386 g/mol. The highest BCUT2D eigenvalue weighted by atomic mass is 35.5. The first kappa shape index (κ1) is 18.4. The first-order valence-corrected chi connectivity index (χ1v) is 10.3. The Morgan fingerprint density at radius 1 is 1.10 bits per heavy atom. The minimum Gasteiger partial charge on any atom is -0.360 e. The summed E-state index contributed by atoms with van der Waals surface area (Å²) in [6.45, 7) is 5.24. The van der Waals surface area contributed by atoms with Crippen molar-refractivity contribution in [2.75, 3.05) is 19.6 Å². The van der Waals surface area contributed by atoms with E-state index in [2.05, 4.69) is 34.3 Å². The first-order chi connectivity index (χ1) is 14.1. The van der Waals surface area contributed by atoms with E-state index in [1.165, 1.54) is 11.1 Å². The van der Waals surface area contributed by atoms with Crippen molar-refractivity contribution < 1.29 is 9.32 Å². The molecule has 5 nitrogen and oxygen atoms in total. The summed E-state index contributed by atoms with van der Waals surface area (Å²) in [7, 11) is 0. The minimum atomic E-state index is -0.0349. The monoisotopic (exact) mass is 407 g/mol. The van der Waals surface area contributed by atoms with Crippen molar-refractivity contribution in [3.63, 3.8) is 0 Å². The van der Waals surface area contributed by atoms with Crippen molar-refractivity contribution in [1.82, 2.24) is 15.0 Å². The average molecular weight is 408 g/mol. The molecule has 1 fully saturated rings. The Kier molecular flexibility index (Phi) is 4.64. The molecule has 2 aliphatic rings. The van der Waals surface area contributed by atoms with Crippen molar-refractivity contribution in [3.8, 4) is 11.3 Å². The van der Waals surface area contributed by atoms with E-state index >= 15 is 0 Å². The van der Waals surface area contributed by atoms with Gasteiger partial charge in [-0.3, -0.25) is 9.69 Å². The van der Waals surface area contributed by atoms with E-state index in [1.807, 2.05) is 23.1 Å². The normalized spacial score (nSPS) is 17.1. The third kappa shape index (κ3) is 3.24. The van der Waals surface area contributed by atoms with Crippen LogP contribution in [0.2, 0.25) is 5.02 Å². The molecule has 2 aromatic carbocycles. The van der Waals surface area contributed by atoms with Gasteiger partial charge in [0.05, 0.1) is 5.02 Å². The number of nitrogens with zero attached hydrogens (tertiary/aromatic N) is 3. The van der Waals surface area contributed by atoms with Crippen LogP contribution in [0.25, 0.3) is 11.3 Å². The predicted octanol–water partition coefficient (Wildman–Crippen LogP) is 4.19. The fourth-order valence-corrected chi connectivity index (χ4v) is 4.53. The molecule has 0 N–H and O–H groups in total. The van der Waals surface area contributed by atoms with Crippen LogP contribution in [0.15, 0.2) is 53.1 Å². The second kappa shape index (κ2) is 7.32. The second-order valence-corrected chi connectivity index (χ2v) is 8.20.